The lowest BCUT2D eigenvalue weighted by molar-refractivity contribution is -0.142. The third-order valence-corrected chi connectivity index (χ3v) is 6.97. The summed E-state index contributed by atoms with van der Waals surface area (Å²) in [7, 11) is 3.25. The van der Waals surface area contributed by atoms with Gasteiger partial charge in [0.2, 0.25) is 11.8 Å². The number of ether oxygens (including phenoxy) is 2. The zero-order chi connectivity index (χ0) is 27.8. The van der Waals surface area contributed by atoms with Crippen molar-refractivity contribution in [2.24, 2.45) is 0 Å². The van der Waals surface area contributed by atoms with Gasteiger partial charge in [-0.3, -0.25) is 9.59 Å². The topological polar surface area (TPSA) is 74.9 Å². The summed E-state index contributed by atoms with van der Waals surface area (Å²) in [5.74, 6) is 1.35. The van der Waals surface area contributed by atoms with E-state index in [1.807, 2.05) is 91.7 Å². The third-order valence-electron chi connectivity index (χ3n) is 6.97. The van der Waals surface area contributed by atoms with E-state index in [-0.39, 0.29) is 30.8 Å². The van der Waals surface area contributed by atoms with Gasteiger partial charge in [-0.1, -0.05) is 42.5 Å². The fourth-order valence-electron chi connectivity index (χ4n) is 4.66. The molecule has 0 aliphatic heterocycles. The number of nitrogens with zero attached hydrogens (tertiary/aromatic N) is 2. The summed E-state index contributed by atoms with van der Waals surface area (Å²) in [5.41, 5.74) is 4.13. The number of carbonyl (C=O) groups is 2. The van der Waals surface area contributed by atoms with Crippen LogP contribution in [0.3, 0.4) is 0 Å². The fourth-order valence-corrected chi connectivity index (χ4v) is 4.66. The summed E-state index contributed by atoms with van der Waals surface area (Å²) < 4.78 is 10.5. The van der Waals surface area contributed by atoms with Crippen LogP contribution in [0.25, 0.3) is 10.9 Å². The molecule has 0 spiro atoms. The van der Waals surface area contributed by atoms with Gasteiger partial charge in [0.05, 0.1) is 27.2 Å². The Hall–Kier alpha value is -4.26. The van der Waals surface area contributed by atoms with Crippen LogP contribution in [0.15, 0.2) is 79.0 Å². The van der Waals surface area contributed by atoms with Crippen LogP contribution in [0.4, 0.5) is 0 Å². The molecule has 1 aromatic heterocycles. The number of carbonyl (C=O) groups excluding carboxylic acids is 2. The molecule has 0 saturated heterocycles. The van der Waals surface area contributed by atoms with Gasteiger partial charge in [0.15, 0.2) is 0 Å². The average molecular weight is 528 g/mol. The predicted octanol–water partition coefficient (Wildman–Crippen LogP) is 5.24. The van der Waals surface area contributed by atoms with Crippen LogP contribution in [0.1, 0.15) is 30.5 Å². The lowest BCUT2D eigenvalue weighted by atomic mass is 10.1. The van der Waals surface area contributed by atoms with E-state index in [2.05, 4.69) is 11.1 Å². The maximum Gasteiger partial charge on any atom is 0.242 e. The van der Waals surface area contributed by atoms with Crippen LogP contribution in [-0.4, -0.2) is 59.9 Å². The number of nitrogens with one attached hydrogen (secondary N) is 1. The SMILES string of the molecule is COc1ccc(CC(=O)N(CC(=O)N(CCc2c[nH]c3ccccc23)Cc2ccc(OC)cc2)C(C)C)cc1. The summed E-state index contributed by atoms with van der Waals surface area (Å²) in [6, 6.07) is 23.2. The van der Waals surface area contributed by atoms with Crippen molar-refractivity contribution in [1.29, 1.82) is 0 Å². The van der Waals surface area contributed by atoms with Gasteiger partial charge in [0, 0.05) is 36.2 Å². The van der Waals surface area contributed by atoms with Crippen LogP contribution < -0.4 is 9.47 Å². The van der Waals surface area contributed by atoms with Gasteiger partial charge in [-0.05, 0) is 67.3 Å². The molecule has 4 aromatic rings. The predicted molar refractivity (Wildman–Crippen MR) is 154 cm³/mol. The highest BCUT2D eigenvalue weighted by Crippen LogP contribution is 2.20. The van der Waals surface area contributed by atoms with E-state index in [0.717, 1.165) is 39.1 Å². The van der Waals surface area contributed by atoms with E-state index in [1.165, 1.54) is 0 Å². The maximum absolute atomic E-state index is 13.7. The molecular formula is C32H37N3O4. The van der Waals surface area contributed by atoms with Crippen molar-refractivity contribution in [1.82, 2.24) is 14.8 Å². The number of amides is 2. The molecule has 7 nitrogen and oxygen atoms in total. The number of aromatic amines is 1. The van der Waals surface area contributed by atoms with Gasteiger partial charge < -0.3 is 24.3 Å². The molecule has 39 heavy (non-hydrogen) atoms. The Balaban J connectivity index is 1.50. The molecule has 0 saturated carbocycles. The highest BCUT2D eigenvalue weighted by Gasteiger charge is 2.24. The molecule has 2 amide bonds. The molecule has 0 aliphatic carbocycles. The number of benzene rings is 3. The highest BCUT2D eigenvalue weighted by molar-refractivity contribution is 5.86. The Kier molecular flexibility index (Phi) is 9.26. The normalized spacial score (nSPS) is 11.0. The van der Waals surface area contributed by atoms with E-state index >= 15 is 0 Å². The van der Waals surface area contributed by atoms with Crippen molar-refractivity contribution in [2.75, 3.05) is 27.3 Å². The molecular weight excluding hydrogens is 490 g/mol. The van der Waals surface area contributed by atoms with E-state index in [0.29, 0.717) is 19.5 Å². The van der Waals surface area contributed by atoms with Crippen LogP contribution in [0, 0.1) is 0 Å². The van der Waals surface area contributed by atoms with Gasteiger partial charge in [-0.25, -0.2) is 0 Å². The number of hydrogen-bond donors (Lipinski definition) is 1. The Morgan fingerprint density at radius 3 is 2.05 bits per heavy atom. The van der Waals surface area contributed by atoms with Gasteiger partial charge in [0.25, 0.3) is 0 Å². The standard InChI is InChI=1S/C32H37N3O4/c1-23(2)35(31(36)19-24-9-13-27(38-3)14-10-24)22-32(37)34(21-25-11-15-28(39-4)16-12-25)18-17-26-20-33-30-8-6-5-7-29(26)30/h5-16,20,23,33H,17-19,21-22H2,1-4H3. The number of fused-ring (bicyclic) bond motifs is 1. The molecule has 1 N–H and O–H groups in total. The molecule has 1 heterocycles. The fraction of sp³-hybridized carbons (Fsp3) is 0.312. The number of rotatable bonds is 12. The van der Waals surface area contributed by atoms with Crippen molar-refractivity contribution >= 4 is 22.7 Å². The van der Waals surface area contributed by atoms with Crippen LogP contribution in [0.2, 0.25) is 0 Å². The lowest BCUT2D eigenvalue weighted by Crippen LogP contribution is -2.46. The monoisotopic (exact) mass is 527 g/mol. The number of hydrogen-bond acceptors (Lipinski definition) is 4. The minimum absolute atomic E-state index is 0.0245. The molecule has 0 bridgehead atoms. The van der Waals surface area contributed by atoms with Crippen molar-refractivity contribution in [3.05, 3.63) is 95.7 Å². The summed E-state index contributed by atoms with van der Waals surface area (Å²) in [5, 5.41) is 1.16. The quantitative estimate of drug-likeness (QED) is 0.274. The number of H-pyrrole nitrogens is 1. The molecule has 0 fully saturated rings. The smallest absolute Gasteiger partial charge is 0.242 e. The van der Waals surface area contributed by atoms with E-state index in [4.69, 9.17) is 9.47 Å². The van der Waals surface area contributed by atoms with Crippen molar-refractivity contribution < 1.29 is 19.1 Å². The first kappa shape index (κ1) is 27.8. The van der Waals surface area contributed by atoms with Crippen molar-refractivity contribution in [3.8, 4) is 11.5 Å². The zero-order valence-electron chi connectivity index (χ0n) is 23.1. The Morgan fingerprint density at radius 1 is 0.821 bits per heavy atom. The number of methoxy groups -OCH3 is 2. The first-order valence-corrected chi connectivity index (χ1v) is 13.3. The largest absolute Gasteiger partial charge is 0.497 e. The van der Waals surface area contributed by atoms with Crippen molar-refractivity contribution in [3.63, 3.8) is 0 Å². The Bertz CT molecular complexity index is 1380. The summed E-state index contributed by atoms with van der Waals surface area (Å²) in [4.78, 5) is 33.9. The minimum atomic E-state index is -0.115. The molecule has 7 heteroatoms. The minimum Gasteiger partial charge on any atom is -0.497 e. The molecule has 4 rings (SSSR count). The second-order valence-corrected chi connectivity index (χ2v) is 9.91. The zero-order valence-corrected chi connectivity index (χ0v) is 23.1. The average Bonchev–Trinajstić information content (AvgIpc) is 3.37. The number of aromatic nitrogens is 1. The molecule has 204 valence electrons. The molecule has 0 atom stereocenters. The van der Waals surface area contributed by atoms with Crippen LogP contribution >= 0.6 is 0 Å². The third kappa shape index (κ3) is 7.19. The van der Waals surface area contributed by atoms with Gasteiger partial charge in [-0.15, -0.1) is 0 Å². The summed E-state index contributed by atoms with van der Waals surface area (Å²) >= 11 is 0. The summed E-state index contributed by atoms with van der Waals surface area (Å²) in [6.45, 7) is 4.89. The van der Waals surface area contributed by atoms with Gasteiger partial charge in [0.1, 0.15) is 11.5 Å². The lowest BCUT2D eigenvalue weighted by Gasteiger charge is -2.30. The Labute approximate surface area is 230 Å². The van der Waals surface area contributed by atoms with E-state index < -0.39 is 0 Å². The molecule has 0 unspecified atom stereocenters. The molecule has 3 aromatic carbocycles. The van der Waals surface area contributed by atoms with E-state index in [1.54, 1.807) is 19.1 Å². The molecule has 0 radical (unpaired) electrons. The van der Waals surface area contributed by atoms with Crippen molar-refractivity contribution in [2.45, 2.75) is 39.3 Å². The maximum atomic E-state index is 13.7. The second kappa shape index (κ2) is 13.0. The second-order valence-electron chi connectivity index (χ2n) is 9.91. The van der Waals surface area contributed by atoms with Crippen LogP contribution in [-0.2, 0) is 29.0 Å². The van der Waals surface area contributed by atoms with E-state index in [9.17, 15) is 9.59 Å². The first-order chi connectivity index (χ1) is 18.9. The van der Waals surface area contributed by atoms with Crippen LogP contribution in [0.5, 0.6) is 11.5 Å². The summed E-state index contributed by atoms with van der Waals surface area (Å²) in [6.07, 6.45) is 2.94. The Morgan fingerprint density at radius 2 is 1.44 bits per heavy atom. The first-order valence-electron chi connectivity index (χ1n) is 13.3. The van der Waals surface area contributed by atoms with Gasteiger partial charge in [-0.2, -0.15) is 0 Å². The highest BCUT2D eigenvalue weighted by atomic mass is 16.5. The molecule has 0 aliphatic rings. The van der Waals surface area contributed by atoms with Gasteiger partial charge >= 0.3 is 0 Å². The number of para-hydroxylation sites is 1.